The van der Waals surface area contributed by atoms with E-state index in [1.807, 2.05) is 18.0 Å². The molecule has 3 nitrogen and oxygen atoms in total. The van der Waals surface area contributed by atoms with E-state index in [-0.39, 0.29) is 5.82 Å². The van der Waals surface area contributed by atoms with E-state index in [0.29, 0.717) is 6.54 Å². The fourth-order valence-corrected chi connectivity index (χ4v) is 1.43. The summed E-state index contributed by atoms with van der Waals surface area (Å²) in [6.07, 6.45) is 3.39. The minimum Gasteiger partial charge on any atom is -0.369 e. The summed E-state index contributed by atoms with van der Waals surface area (Å²) in [5, 5.41) is 0. The maximum absolute atomic E-state index is 13.0. The summed E-state index contributed by atoms with van der Waals surface area (Å²) in [6, 6.07) is 6.53. The molecule has 0 bridgehead atoms. The van der Waals surface area contributed by atoms with Crippen LogP contribution in [0, 0.1) is 5.82 Å². The third-order valence-electron chi connectivity index (χ3n) is 2.21. The quantitative estimate of drug-likeness (QED) is 0.832. The number of anilines is 1. The van der Waals surface area contributed by atoms with E-state index in [4.69, 9.17) is 0 Å². The Kier molecular flexibility index (Phi) is 2.67. The molecule has 4 heteroatoms. The second kappa shape index (κ2) is 4.13. The highest BCUT2D eigenvalue weighted by atomic mass is 19.1. The van der Waals surface area contributed by atoms with Gasteiger partial charge in [0.25, 0.3) is 0 Å². The van der Waals surface area contributed by atoms with E-state index in [1.165, 1.54) is 12.1 Å². The van der Waals surface area contributed by atoms with Gasteiger partial charge in [-0.3, -0.25) is 0 Å². The van der Waals surface area contributed by atoms with Crippen LogP contribution in [0.5, 0.6) is 0 Å². The summed E-state index contributed by atoms with van der Waals surface area (Å²) in [7, 11) is 1.91. The number of benzene rings is 1. The number of aromatic amines is 1. The third-order valence-corrected chi connectivity index (χ3v) is 2.21. The molecule has 0 aliphatic carbocycles. The zero-order chi connectivity index (χ0) is 10.7. The Morgan fingerprint density at radius 3 is 3.00 bits per heavy atom. The van der Waals surface area contributed by atoms with E-state index >= 15 is 0 Å². The molecule has 1 aromatic heterocycles. The monoisotopic (exact) mass is 205 g/mol. The van der Waals surface area contributed by atoms with Crippen molar-refractivity contribution in [2.24, 2.45) is 0 Å². The summed E-state index contributed by atoms with van der Waals surface area (Å²) in [6.45, 7) is 0.684. The Morgan fingerprint density at radius 2 is 2.33 bits per heavy atom. The molecule has 1 heterocycles. The molecule has 0 unspecified atom stereocenters. The maximum Gasteiger partial charge on any atom is 0.125 e. The molecular weight excluding hydrogens is 193 g/mol. The molecule has 1 aromatic carbocycles. The number of nitrogens with one attached hydrogen (secondary N) is 1. The van der Waals surface area contributed by atoms with Gasteiger partial charge < -0.3 is 9.88 Å². The summed E-state index contributed by atoms with van der Waals surface area (Å²) in [4.78, 5) is 8.89. The van der Waals surface area contributed by atoms with Gasteiger partial charge >= 0.3 is 0 Å². The average Bonchev–Trinajstić information content (AvgIpc) is 2.70. The molecular formula is C11H12FN3. The van der Waals surface area contributed by atoms with E-state index in [2.05, 4.69) is 9.97 Å². The molecule has 0 saturated heterocycles. The van der Waals surface area contributed by atoms with Gasteiger partial charge in [0.15, 0.2) is 0 Å². The van der Waals surface area contributed by atoms with E-state index < -0.39 is 0 Å². The van der Waals surface area contributed by atoms with Crippen molar-refractivity contribution in [3.05, 3.63) is 48.3 Å². The number of nitrogens with zero attached hydrogens (tertiary/aromatic N) is 2. The van der Waals surface area contributed by atoms with Gasteiger partial charge in [0.2, 0.25) is 0 Å². The molecule has 0 fully saturated rings. The van der Waals surface area contributed by atoms with Gasteiger partial charge in [0, 0.05) is 18.9 Å². The highest BCUT2D eigenvalue weighted by Crippen LogP contribution is 2.15. The average molecular weight is 205 g/mol. The number of hydrogen-bond donors (Lipinski definition) is 1. The topological polar surface area (TPSA) is 31.9 Å². The van der Waals surface area contributed by atoms with Crippen LogP contribution in [0.25, 0.3) is 0 Å². The van der Waals surface area contributed by atoms with Crippen molar-refractivity contribution in [1.82, 2.24) is 9.97 Å². The molecule has 0 radical (unpaired) electrons. The Labute approximate surface area is 87.6 Å². The fraction of sp³-hybridized carbons (Fsp3) is 0.182. The molecule has 0 atom stereocenters. The number of hydrogen-bond acceptors (Lipinski definition) is 2. The molecule has 0 saturated carbocycles. The van der Waals surface area contributed by atoms with Gasteiger partial charge in [-0.1, -0.05) is 6.07 Å². The van der Waals surface area contributed by atoms with Crippen molar-refractivity contribution in [3.63, 3.8) is 0 Å². The highest BCUT2D eigenvalue weighted by molar-refractivity contribution is 5.45. The van der Waals surface area contributed by atoms with Crippen LogP contribution in [0.15, 0.2) is 36.8 Å². The second-order valence-electron chi connectivity index (χ2n) is 3.41. The van der Waals surface area contributed by atoms with Gasteiger partial charge in [-0.05, 0) is 18.2 Å². The molecule has 15 heavy (non-hydrogen) atoms. The fourth-order valence-electron chi connectivity index (χ4n) is 1.43. The summed E-state index contributed by atoms with van der Waals surface area (Å²) in [5.74, 6) is -0.219. The summed E-state index contributed by atoms with van der Waals surface area (Å²) >= 11 is 0. The molecule has 2 aromatic rings. The second-order valence-corrected chi connectivity index (χ2v) is 3.41. The number of halogens is 1. The Hall–Kier alpha value is -1.84. The molecule has 0 spiro atoms. The minimum atomic E-state index is -0.219. The van der Waals surface area contributed by atoms with Crippen molar-refractivity contribution in [3.8, 4) is 0 Å². The van der Waals surface area contributed by atoms with Crippen LogP contribution in [-0.2, 0) is 6.54 Å². The zero-order valence-corrected chi connectivity index (χ0v) is 8.44. The van der Waals surface area contributed by atoms with Crippen molar-refractivity contribution < 1.29 is 4.39 Å². The highest BCUT2D eigenvalue weighted by Gasteiger charge is 2.03. The van der Waals surface area contributed by atoms with Crippen LogP contribution in [0.2, 0.25) is 0 Å². The molecule has 2 rings (SSSR count). The Morgan fingerprint density at radius 1 is 1.47 bits per heavy atom. The lowest BCUT2D eigenvalue weighted by molar-refractivity contribution is 0.627. The molecule has 0 aliphatic heterocycles. The van der Waals surface area contributed by atoms with Crippen LogP contribution in [0.3, 0.4) is 0 Å². The van der Waals surface area contributed by atoms with Gasteiger partial charge in [-0.25, -0.2) is 9.37 Å². The van der Waals surface area contributed by atoms with Gasteiger partial charge in [0.05, 0.1) is 18.6 Å². The number of rotatable bonds is 3. The lowest BCUT2D eigenvalue weighted by Crippen LogP contribution is -2.16. The van der Waals surface area contributed by atoms with Crippen LogP contribution >= 0.6 is 0 Å². The van der Waals surface area contributed by atoms with Gasteiger partial charge in [-0.15, -0.1) is 0 Å². The minimum absolute atomic E-state index is 0.219. The lowest BCUT2D eigenvalue weighted by atomic mass is 10.3. The van der Waals surface area contributed by atoms with Gasteiger partial charge in [-0.2, -0.15) is 0 Å². The van der Waals surface area contributed by atoms with Crippen molar-refractivity contribution in [1.29, 1.82) is 0 Å². The van der Waals surface area contributed by atoms with Crippen molar-refractivity contribution in [2.45, 2.75) is 6.54 Å². The lowest BCUT2D eigenvalue weighted by Gasteiger charge is -2.18. The first-order valence-electron chi connectivity index (χ1n) is 4.69. The first-order chi connectivity index (χ1) is 7.25. The zero-order valence-electron chi connectivity index (χ0n) is 8.44. The number of imidazole rings is 1. The van der Waals surface area contributed by atoms with Crippen LogP contribution in [0.1, 0.15) is 5.69 Å². The molecule has 78 valence electrons. The number of aromatic nitrogens is 2. The van der Waals surface area contributed by atoms with E-state index in [0.717, 1.165) is 11.4 Å². The molecule has 0 amide bonds. The summed E-state index contributed by atoms with van der Waals surface area (Å²) in [5.41, 5.74) is 1.85. The van der Waals surface area contributed by atoms with Crippen LogP contribution in [-0.4, -0.2) is 17.0 Å². The van der Waals surface area contributed by atoms with Gasteiger partial charge in [0.1, 0.15) is 5.82 Å². The van der Waals surface area contributed by atoms with E-state index in [9.17, 15) is 4.39 Å². The SMILES string of the molecule is CN(Cc1cnc[nH]1)c1cccc(F)c1. The first-order valence-corrected chi connectivity index (χ1v) is 4.69. The van der Waals surface area contributed by atoms with Crippen molar-refractivity contribution in [2.75, 3.05) is 11.9 Å². The summed E-state index contributed by atoms with van der Waals surface area (Å²) < 4.78 is 13.0. The largest absolute Gasteiger partial charge is 0.369 e. The van der Waals surface area contributed by atoms with Crippen LogP contribution in [0.4, 0.5) is 10.1 Å². The van der Waals surface area contributed by atoms with E-state index in [1.54, 1.807) is 18.6 Å². The molecule has 0 aliphatic rings. The smallest absolute Gasteiger partial charge is 0.125 e. The Balaban J connectivity index is 2.11. The normalized spacial score (nSPS) is 10.3. The Bertz CT molecular complexity index is 425. The van der Waals surface area contributed by atoms with Crippen LogP contribution < -0.4 is 4.90 Å². The predicted octanol–water partition coefficient (Wildman–Crippen LogP) is 2.19. The maximum atomic E-state index is 13.0. The standard InChI is InChI=1S/C11H12FN3/c1-15(7-10-6-13-8-14-10)11-4-2-3-9(12)5-11/h2-6,8H,7H2,1H3,(H,13,14). The predicted molar refractivity (Wildman–Crippen MR) is 57.1 cm³/mol. The van der Waals surface area contributed by atoms with Crippen molar-refractivity contribution >= 4 is 5.69 Å². The first kappa shape index (κ1) is 9.71. The third kappa shape index (κ3) is 2.34. The number of H-pyrrole nitrogens is 1. The molecule has 1 N–H and O–H groups in total.